The topological polar surface area (TPSA) is 59.6 Å². The Morgan fingerprint density at radius 2 is 2.06 bits per heavy atom. The van der Waals surface area contributed by atoms with Crippen LogP contribution in [0.15, 0.2) is 0 Å². The normalized spacial score (nSPS) is 12.4. The minimum atomic E-state index is -0.168. The smallest absolute Gasteiger partial charge is 0.236 e. The lowest BCUT2D eigenvalue weighted by molar-refractivity contribution is -0.122. The molecule has 0 spiro atoms. The van der Waals surface area contributed by atoms with E-state index in [0.717, 1.165) is 26.2 Å². The van der Waals surface area contributed by atoms with Gasteiger partial charge < -0.3 is 20.1 Å². The van der Waals surface area contributed by atoms with Gasteiger partial charge >= 0.3 is 0 Å². The fourth-order valence-electron chi connectivity index (χ4n) is 1.16. The molecule has 1 amide bonds. The molecule has 5 heteroatoms. The summed E-state index contributed by atoms with van der Waals surface area (Å²) in [5.74, 6) is 0.00783. The summed E-state index contributed by atoms with van der Waals surface area (Å²) in [7, 11) is 1.61. The zero-order valence-electron chi connectivity index (χ0n) is 10.5. The van der Waals surface area contributed by atoms with Crippen molar-refractivity contribution in [2.75, 3.05) is 40.0 Å². The standard InChI is InChI=1S/C11H24N2O3/c1-4-16-8-5-6-12-10(2)11(14)13-7-9-15-3/h10,12H,4-9H2,1-3H3,(H,13,14). The Balaban J connectivity index is 3.40. The third-order valence-electron chi connectivity index (χ3n) is 2.12. The molecule has 0 aromatic rings. The molecule has 1 unspecified atom stereocenters. The molecular weight excluding hydrogens is 208 g/mol. The number of carbonyl (C=O) groups is 1. The fraction of sp³-hybridized carbons (Fsp3) is 0.909. The van der Waals surface area contributed by atoms with Crippen LogP contribution in [-0.4, -0.2) is 52.0 Å². The molecule has 0 aliphatic rings. The second-order valence-electron chi connectivity index (χ2n) is 3.51. The minimum Gasteiger partial charge on any atom is -0.383 e. The first-order valence-corrected chi connectivity index (χ1v) is 5.80. The van der Waals surface area contributed by atoms with Crippen LogP contribution >= 0.6 is 0 Å². The molecule has 16 heavy (non-hydrogen) atoms. The lowest BCUT2D eigenvalue weighted by Gasteiger charge is -2.13. The monoisotopic (exact) mass is 232 g/mol. The maximum Gasteiger partial charge on any atom is 0.236 e. The summed E-state index contributed by atoms with van der Waals surface area (Å²) in [5.41, 5.74) is 0. The zero-order chi connectivity index (χ0) is 12.2. The largest absolute Gasteiger partial charge is 0.383 e. The SMILES string of the molecule is CCOCCCNC(C)C(=O)NCCOC. The average molecular weight is 232 g/mol. The van der Waals surface area contributed by atoms with Crippen molar-refractivity contribution in [3.05, 3.63) is 0 Å². The van der Waals surface area contributed by atoms with Crippen molar-refractivity contribution in [1.82, 2.24) is 10.6 Å². The number of methoxy groups -OCH3 is 1. The number of nitrogens with one attached hydrogen (secondary N) is 2. The van der Waals surface area contributed by atoms with Gasteiger partial charge in [-0.05, 0) is 26.8 Å². The second kappa shape index (κ2) is 10.9. The van der Waals surface area contributed by atoms with Crippen LogP contribution in [0, 0.1) is 0 Å². The number of hydrogen-bond donors (Lipinski definition) is 2. The van der Waals surface area contributed by atoms with E-state index in [1.54, 1.807) is 7.11 Å². The Bertz CT molecular complexity index is 177. The summed E-state index contributed by atoms with van der Waals surface area (Å²) in [6, 6.07) is -0.168. The Morgan fingerprint density at radius 3 is 2.69 bits per heavy atom. The molecule has 0 saturated heterocycles. The summed E-state index contributed by atoms with van der Waals surface area (Å²) in [4.78, 5) is 11.5. The predicted molar refractivity (Wildman–Crippen MR) is 63.5 cm³/mol. The van der Waals surface area contributed by atoms with E-state index in [-0.39, 0.29) is 11.9 Å². The molecule has 0 bridgehead atoms. The lowest BCUT2D eigenvalue weighted by atomic mass is 10.3. The first-order chi connectivity index (χ1) is 7.72. The Hall–Kier alpha value is -0.650. The van der Waals surface area contributed by atoms with Crippen molar-refractivity contribution < 1.29 is 14.3 Å². The van der Waals surface area contributed by atoms with Gasteiger partial charge in [0.15, 0.2) is 0 Å². The molecule has 0 aromatic carbocycles. The highest BCUT2D eigenvalue weighted by molar-refractivity contribution is 5.81. The summed E-state index contributed by atoms with van der Waals surface area (Å²) in [6.07, 6.45) is 0.920. The summed E-state index contributed by atoms with van der Waals surface area (Å²) >= 11 is 0. The zero-order valence-corrected chi connectivity index (χ0v) is 10.5. The van der Waals surface area contributed by atoms with Gasteiger partial charge in [-0.25, -0.2) is 0 Å². The van der Waals surface area contributed by atoms with E-state index in [0.29, 0.717) is 13.2 Å². The van der Waals surface area contributed by atoms with Crippen LogP contribution in [0.25, 0.3) is 0 Å². The van der Waals surface area contributed by atoms with Crippen LogP contribution in [-0.2, 0) is 14.3 Å². The van der Waals surface area contributed by atoms with E-state index in [1.807, 2.05) is 13.8 Å². The third-order valence-corrected chi connectivity index (χ3v) is 2.12. The van der Waals surface area contributed by atoms with Crippen LogP contribution in [0.5, 0.6) is 0 Å². The Kier molecular flexibility index (Phi) is 10.4. The Labute approximate surface area is 97.9 Å². The van der Waals surface area contributed by atoms with Gasteiger partial charge in [-0.2, -0.15) is 0 Å². The molecule has 2 N–H and O–H groups in total. The number of amides is 1. The minimum absolute atomic E-state index is 0.00783. The van der Waals surface area contributed by atoms with Crippen molar-refractivity contribution in [1.29, 1.82) is 0 Å². The molecule has 0 radical (unpaired) electrons. The highest BCUT2D eigenvalue weighted by Gasteiger charge is 2.10. The van der Waals surface area contributed by atoms with Crippen LogP contribution in [0.4, 0.5) is 0 Å². The number of rotatable bonds is 10. The second-order valence-corrected chi connectivity index (χ2v) is 3.51. The molecule has 0 aliphatic carbocycles. The Morgan fingerprint density at radius 1 is 1.31 bits per heavy atom. The molecular formula is C11H24N2O3. The van der Waals surface area contributed by atoms with E-state index >= 15 is 0 Å². The van der Waals surface area contributed by atoms with Gasteiger partial charge in [0.05, 0.1) is 12.6 Å². The molecule has 1 atom stereocenters. The number of ether oxygens (including phenoxy) is 2. The molecule has 0 aromatic heterocycles. The van der Waals surface area contributed by atoms with Gasteiger partial charge in [-0.1, -0.05) is 0 Å². The van der Waals surface area contributed by atoms with Crippen LogP contribution in [0.3, 0.4) is 0 Å². The van der Waals surface area contributed by atoms with Gasteiger partial charge in [0.2, 0.25) is 5.91 Å². The first-order valence-electron chi connectivity index (χ1n) is 5.80. The van der Waals surface area contributed by atoms with Crippen molar-refractivity contribution in [2.24, 2.45) is 0 Å². The van der Waals surface area contributed by atoms with E-state index in [9.17, 15) is 4.79 Å². The molecule has 0 rings (SSSR count). The van der Waals surface area contributed by atoms with E-state index in [4.69, 9.17) is 9.47 Å². The highest BCUT2D eigenvalue weighted by atomic mass is 16.5. The third kappa shape index (κ3) is 8.64. The summed E-state index contributed by atoms with van der Waals surface area (Å²) < 4.78 is 10.0. The van der Waals surface area contributed by atoms with Gasteiger partial charge in [-0.15, -0.1) is 0 Å². The molecule has 0 heterocycles. The van der Waals surface area contributed by atoms with Gasteiger partial charge in [0, 0.05) is 26.9 Å². The van der Waals surface area contributed by atoms with Crippen LogP contribution < -0.4 is 10.6 Å². The van der Waals surface area contributed by atoms with Gasteiger partial charge in [0.25, 0.3) is 0 Å². The van der Waals surface area contributed by atoms with Crippen molar-refractivity contribution in [3.63, 3.8) is 0 Å². The van der Waals surface area contributed by atoms with Crippen LogP contribution in [0.1, 0.15) is 20.3 Å². The first kappa shape index (κ1) is 15.3. The predicted octanol–water partition coefficient (Wildman–Crippen LogP) is 0.154. The molecule has 5 nitrogen and oxygen atoms in total. The number of hydrogen-bond acceptors (Lipinski definition) is 4. The fourth-order valence-corrected chi connectivity index (χ4v) is 1.16. The van der Waals surface area contributed by atoms with E-state index < -0.39 is 0 Å². The van der Waals surface area contributed by atoms with Gasteiger partial charge in [0.1, 0.15) is 0 Å². The van der Waals surface area contributed by atoms with Gasteiger partial charge in [-0.3, -0.25) is 4.79 Å². The van der Waals surface area contributed by atoms with Crippen LogP contribution in [0.2, 0.25) is 0 Å². The summed E-state index contributed by atoms with van der Waals surface area (Å²) in [5, 5.41) is 5.91. The van der Waals surface area contributed by atoms with E-state index in [1.165, 1.54) is 0 Å². The summed E-state index contributed by atoms with van der Waals surface area (Å²) in [6.45, 7) is 7.19. The maximum atomic E-state index is 11.5. The lowest BCUT2D eigenvalue weighted by Crippen LogP contribution is -2.43. The van der Waals surface area contributed by atoms with E-state index in [2.05, 4.69) is 10.6 Å². The maximum absolute atomic E-state index is 11.5. The highest BCUT2D eigenvalue weighted by Crippen LogP contribution is 1.85. The molecule has 0 saturated carbocycles. The molecule has 0 aliphatic heterocycles. The van der Waals surface area contributed by atoms with Crippen molar-refractivity contribution >= 4 is 5.91 Å². The quantitative estimate of drug-likeness (QED) is 0.527. The molecule has 96 valence electrons. The van der Waals surface area contributed by atoms with Crippen molar-refractivity contribution in [2.45, 2.75) is 26.3 Å². The molecule has 0 fully saturated rings. The average Bonchev–Trinajstić information content (AvgIpc) is 2.28. The van der Waals surface area contributed by atoms with Crippen molar-refractivity contribution in [3.8, 4) is 0 Å². The number of carbonyl (C=O) groups excluding carboxylic acids is 1.